The molecule has 4 rings (SSSR count). The van der Waals surface area contributed by atoms with Crippen LogP contribution in [0.25, 0.3) is 11.5 Å². The average Bonchev–Trinajstić information content (AvgIpc) is 2.82. The number of amidine groups is 1. The minimum Gasteiger partial charge on any atom is -0.497 e. The van der Waals surface area contributed by atoms with Gasteiger partial charge in [-0.15, -0.1) is 0 Å². The van der Waals surface area contributed by atoms with E-state index in [1.807, 2.05) is 7.05 Å². The second-order valence-electron chi connectivity index (χ2n) is 9.64. The quantitative estimate of drug-likeness (QED) is 0.499. The molecule has 0 aromatic heterocycles. The van der Waals surface area contributed by atoms with Crippen LogP contribution in [0.3, 0.4) is 0 Å². The summed E-state index contributed by atoms with van der Waals surface area (Å²) in [5, 5.41) is 3.60. The number of methoxy groups -OCH3 is 1. The average molecular weight is 464 g/mol. The molecule has 2 heterocycles. The summed E-state index contributed by atoms with van der Waals surface area (Å²) in [6.07, 6.45) is 1.90. The van der Waals surface area contributed by atoms with Crippen molar-refractivity contribution in [2.75, 3.05) is 32.7 Å². The lowest BCUT2D eigenvalue weighted by Gasteiger charge is -2.38. The number of hydrogen-bond acceptors (Lipinski definition) is 5. The van der Waals surface area contributed by atoms with E-state index in [0.29, 0.717) is 17.2 Å². The highest BCUT2D eigenvalue weighted by molar-refractivity contribution is 5.99. The van der Waals surface area contributed by atoms with Gasteiger partial charge in [0.1, 0.15) is 17.4 Å². The fraction of sp³-hybridized carbons (Fsp3) is 0.393. The van der Waals surface area contributed by atoms with Crippen molar-refractivity contribution in [1.29, 1.82) is 0 Å². The maximum atomic E-state index is 14.0. The van der Waals surface area contributed by atoms with Crippen LogP contribution < -0.4 is 5.32 Å². The predicted octanol–water partition coefficient (Wildman–Crippen LogP) is 6.47. The van der Waals surface area contributed by atoms with Gasteiger partial charge in [0.25, 0.3) is 0 Å². The van der Waals surface area contributed by atoms with Gasteiger partial charge in [-0.2, -0.15) is 0 Å². The number of benzene rings is 2. The van der Waals surface area contributed by atoms with Gasteiger partial charge in [0.05, 0.1) is 18.3 Å². The molecule has 2 aromatic carbocycles. The second kappa shape index (κ2) is 9.26. The summed E-state index contributed by atoms with van der Waals surface area (Å²) in [6.45, 7) is 16.1. The zero-order chi connectivity index (χ0) is 24.6. The van der Waals surface area contributed by atoms with Crippen molar-refractivity contribution in [2.24, 2.45) is 10.9 Å². The Bertz CT molecular complexity index is 1160. The zero-order valence-electron chi connectivity index (χ0n) is 20.8. The van der Waals surface area contributed by atoms with E-state index in [4.69, 9.17) is 14.5 Å². The molecule has 0 amide bonds. The van der Waals surface area contributed by atoms with Gasteiger partial charge in [0.2, 0.25) is 0 Å². The van der Waals surface area contributed by atoms with Crippen LogP contribution in [-0.4, -0.2) is 38.1 Å². The van der Waals surface area contributed by atoms with E-state index in [0.717, 1.165) is 65.7 Å². The van der Waals surface area contributed by atoms with Gasteiger partial charge in [-0.3, -0.25) is 0 Å². The molecule has 0 radical (unpaired) electrons. The topological polar surface area (TPSA) is 46.1 Å². The van der Waals surface area contributed by atoms with Crippen LogP contribution in [0.1, 0.15) is 48.9 Å². The van der Waals surface area contributed by atoms with Crippen LogP contribution in [0.2, 0.25) is 0 Å². The zero-order valence-corrected chi connectivity index (χ0v) is 20.8. The van der Waals surface area contributed by atoms with E-state index < -0.39 is 5.54 Å². The number of ether oxygens (including phenoxy) is 2. The Morgan fingerprint density at radius 3 is 2.62 bits per heavy atom. The molecule has 1 saturated heterocycles. The predicted molar refractivity (Wildman–Crippen MR) is 138 cm³/mol. The lowest BCUT2D eigenvalue weighted by Crippen LogP contribution is -2.37. The Hall–Kier alpha value is -3.12. The second-order valence-corrected chi connectivity index (χ2v) is 9.64. The Kier molecular flexibility index (Phi) is 6.54. The number of fused-ring (bicyclic) bond motifs is 1. The van der Waals surface area contributed by atoms with Crippen molar-refractivity contribution < 1.29 is 13.9 Å². The van der Waals surface area contributed by atoms with E-state index in [9.17, 15) is 4.39 Å². The number of aryl methyl sites for hydroxylation is 1. The summed E-state index contributed by atoms with van der Waals surface area (Å²) >= 11 is 0. The highest BCUT2D eigenvalue weighted by atomic mass is 19.1. The number of nitrogens with one attached hydrogen (secondary N) is 1. The molecular formula is C28H34FN3O2. The van der Waals surface area contributed by atoms with Crippen molar-refractivity contribution >= 4 is 28.7 Å². The van der Waals surface area contributed by atoms with E-state index >= 15 is 0 Å². The standard InChI is InChI=1S/C28H34FN3O2/c1-17-14-22-18(2)32(6)27(20-10-12-34-13-11-20)30-26(22)24(15-17)28(4,5)31-25-9-8-21(29)16-23(25)19(3)33-7/h8-9,14-16,20,31H,2-3,10-13H2,1,4-7H3. The van der Waals surface area contributed by atoms with E-state index in [-0.39, 0.29) is 5.82 Å². The van der Waals surface area contributed by atoms with Crippen LogP contribution in [0.4, 0.5) is 15.8 Å². The highest BCUT2D eigenvalue weighted by Gasteiger charge is 2.33. The Morgan fingerprint density at radius 1 is 1.24 bits per heavy atom. The van der Waals surface area contributed by atoms with Crippen LogP contribution in [0.5, 0.6) is 0 Å². The first kappa shape index (κ1) is 24.0. The molecule has 2 aliphatic heterocycles. The molecule has 0 aliphatic carbocycles. The maximum absolute atomic E-state index is 14.0. The number of aliphatic imine (C=N–C) groups is 1. The van der Waals surface area contributed by atoms with Crippen LogP contribution >= 0.6 is 0 Å². The summed E-state index contributed by atoms with van der Waals surface area (Å²) in [5.74, 6) is 1.44. The van der Waals surface area contributed by atoms with Crippen molar-refractivity contribution in [3.8, 4) is 0 Å². The third kappa shape index (κ3) is 4.47. The summed E-state index contributed by atoms with van der Waals surface area (Å²) in [5.41, 5.74) is 5.90. The van der Waals surface area contributed by atoms with Gasteiger partial charge in [-0.25, -0.2) is 9.38 Å². The Morgan fingerprint density at radius 2 is 1.94 bits per heavy atom. The first-order chi connectivity index (χ1) is 16.1. The minimum atomic E-state index is -0.531. The molecule has 5 nitrogen and oxygen atoms in total. The molecule has 1 fully saturated rings. The number of hydrogen-bond donors (Lipinski definition) is 1. The fourth-order valence-corrected chi connectivity index (χ4v) is 4.80. The highest BCUT2D eigenvalue weighted by Crippen LogP contribution is 2.44. The van der Waals surface area contributed by atoms with Gasteiger partial charge in [-0.1, -0.05) is 19.2 Å². The Labute approximate surface area is 202 Å². The smallest absolute Gasteiger partial charge is 0.124 e. The lowest BCUT2D eigenvalue weighted by atomic mass is 9.86. The molecule has 2 aromatic rings. The fourth-order valence-electron chi connectivity index (χ4n) is 4.80. The number of anilines is 1. The molecule has 2 aliphatic rings. The third-order valence-electron chi connectivity index (χ3n) is 6.78. The third-order valence-corrected chi connectivity index (χ3v) is 6.78. The van der Waals surface area contributed by atoms with E-state index in [1.165, 1.54) is 19.2 Å². The first-order valence-corrected chi connectivity index (χ1v) is 11.7. The SMILES string of the molecule is C=C(OC)c1cc(F)ccc1NC(C)(C)c1cc(C)cc2c1N=C(C1CCOCC1)N(C)C2=C. The number of nitrogens with zero attached hydrogens (tertiary/aromatic N) is 2. The summed E-state index contributed by atoms with van der Waals surface area (Å²) in [6, 6.07) is 8.92. The Balaban J connectivity index is 1.81. The van der Waals surface area contributed by atoms with Crippen molar-refractivity contribution in [3.63, 3.8) is 0 Å². The van der Waals surface area contributed by atoms with Crippen LogP contribution in [0.15, 0.2) is 48.5 Å². The molecule has 0 saturated carbocycles. The van der Waals surface area contributed by atoms with Crippen LogP contribution in [-0.2, 0) is 15.0 Å². The lowest BCUT2D eigenvalue weighted by molar-refractivity contribution is 0.0809. The van der Waals surface area contributed by atoms with Crippen molar-refractivity contribution in [2.45, 2.75) is 39.2 Å². The molecule has 1 N–H and O–H groups in total. The van der Waals surface area contributed by atoms with Crippen LogP contribution in [0, 0.1) is 18.7 Å². The van der Waals surface area contributed by atoms with Crippen molar-refractivity contribution in [3.05, 3.63) is 71.6 Å². The molecule has 0 spiro atoms. The van der Waals surface area contributed by atoms with E-state index in [1.54, 1.807) is 6.07 Å². The summed E-state index contributed by atoms with van der Waals surface area (Å²) in [4.78, 5) is 7.35. The number of halogens is 1. The normalized spacial score (nSPS) is 16.7. The molecule has 34 heavy (non-hydrogen) atoms. The molecular weight excluding hydrogens is 429 g/mol. The van der Waals surface area contributed by atoms with Gasteiger partial charge in [-0.05, 0) is 63.4 Å². The molecule has 0 bridgehead atoms. The minimum absolute atomic E-state index is 0.336. The monoisotopic (exact) mass is 463 g/mol. The molecule has 180 valence electrons. The van der Waals surface area contributed by atoms with Gasteiger partial charge < -0.3 is 19.7 Å². The maximum Gasteiger partial charge on any atom is 0.124 e. The largest absolute Gasteiger partial charge is 0.497 e. The van der Waals surface area contributed by atoms with Crippen molar-refractivity contribution in [1.82, 2.24) is 4.90 Å². The summed E-state index contributed by atoms with van der Waals surface area (Å²) < 4.78 is 24.9. The van der Waals surface area contributed by atoms with Gasteiger partial charge >= 0.3 is 0 Å². The van der Waals surface area contributed by atoms with E-state index in [2.05, 4.69) is 56.3 Å². The summed E-state index contributed by atoms with van der Waals surface area (Å²) in [7, 11) is 3.58. The number of rotatable bonds is 6. The van der Waals surface area contributed by atoms with Gasteiger partial charge in [0.15, 0.2) is 0 Å². The van der Waals surface area contributed by atoms with Gasteiger partial charge in [0, 0.05) is 54.3 Å². The molecule has 0 atom stereocenters. The molecule has 6 heteroatoms. The molecule has 0 unspecified atom stereocenters. The first-order valence-electron chi connectivity index (χ1n) is 11.7.